The molecule has 1 aromatic rings. The Balaban J connectivity index is 1.48. The Labute approximate surface area is 132 Å². The molecule has 1 aromatic heterocycles. The van der Waals surface area contributed by atoms with Gasteiger partial charge in [0.1, 0.15) is 11.6 Å². The smallest absolute Gasteiger partial charge is 0.191 e. The van der Waals surface area contributed by atoms with E-state index >= 15 is 0 Å². The quantitative estimate of drug-likeness (QED) is 0.476. The van der Waals surface area contributed by atoms with E-state index in [1.807, 2.05) is 0 Å². The molecule has 0 unspecified atom stereocenters. The Morgan fingerprint density at radius 3 is 3.00 bits per heavy atom. The number of aliphatic imine (C=N–C) groups is 1. The second kappa shape index (κ2) is 7.61. The lowest BCUT2D eigenvalue weighted by Crippen LogP contribution is -2.38. The van der Waals surface area contributed by atoms with Crippen LogP contribution in [0.5, 0.6) is 0 Å². The standard InChI is InChI=1S/C16H28N6/c1-2-17-16(19-13-9-10-13)18-11-6-8-15-21-20-14-7-4-3-5-12-22(14)15/h13H,2-12H2,1H3,(H2,17,18,19). The molecule has 0 bridgehead atoms. The second-order valence-electron chi connectivity index (χ2n) is 6.28. The van der Waals surface area contributed by atoms with Crippen molar-refractivity contribution in [1.29, 1.82) is 0 Å². The number of rotatable bonds is 6. The van der Waals surface area contributed by atoms with Crippen LogP contribution in [-0.4, -0.2) is 39.9 Å². The monoisotopic (exact) mass is 304 g/mol. The Kier molecular flexibility index (Phi) is 5.29. The molecule has 1 aliphatic carbocycles. The average molecular weight is 304 g/mol. The van der Waals surface area contributed by atoms with Crippen molar-refractivity contribution in [2.24, 2.45) is 4.99 Å². The second-order valence-corrected chi connectivity index (χ2v) is 6.28. The Hall–Kier alpha value is -1.59. The molecule has 2 N–H and O–H groups in total. The van der Waals surface area contributed by atoms with Gasteiger partial charge in [0, 0.05) is 38.5 Å². The van der Waals surface area contributed by atoms with Crippen LogP contribution in [0.3, 0.4) is 0 Å². The molecule has 1 fully saturated rings. The third kappa shape index (κ3) is 4.21. The lowest BCUT2D eigenvalue weighted by Gasteiger charge is -2.10. The Morgan fingerprint density at radius 1 is 1.27 bits per heavy atom. The molecule has 1 aliphatic heterocycles. The largest absolute Gasteiger partial charge is 0.357 e. The summed E-state index contributed by atoms with van der Waals surface area (Å²) >= 11 is 0. The van der Waals surface area contributed by atoms with Crippen LogP contribution in [0, 0.1) is 0 Å². The lowest BCUT2D eigenvalue weighted by molar-refractivity contribution is 0.597. The molecule has 2 aliphatic rings. The summed E-state index contributed by atoms with van der Waals surface area (Å²) in [6, 6.07) is 0.644. The van der Waals surface area contributed by atoms with Crippen LogP contribution in [0.1, 0.15) is 57.1 Å². The minimum atomic E-state index is 0.644. The zero-order valence-electron chi connectivity index (χ0n) is 13.6. The maximum Gasteiger partial charge on any atom is 0.191 e. The van der Waals surface area contributed by atoms with E-state index < -0.39 is 0 Å². The van der Waals surface area contributed by atoms with Gasteiger partial charge >= 0.3 is 0 Å². The zero-order valence-corrected chi connectivity index (χ0v) is 13.6. The summed E-state index contributed by atoms with van der Waals surface area (Å²) in [7, 11) is 0. The van der Waals surface area contributed by atoms with Crippen molar-refractivity contribution in [2.75, 3.05) is 13.1 Å². The number of hydrogen-bond donors (Lipinski definition) is 2. The molecule has 0 amide bonds. The first-order valence-electron chi connectivity index (χ1n) is 8.82. The lowest BCUT2D eigenvalue weighted by atomic mass is 10.2. The van der Waals surface area contributed by atoms with E-state index in [4.69, 9.17) is 0 Å². The number of fused-ring (bicyclic) bond motifs is 1. The number of aryl methyl sites for hydroxylation is 2. The molecule has 22 heavy (non-hydrogen) atoms. The Morgan fingerprint density at radius 2 is 2.18 bits per heavy atom. The van der Waals surface area contributed by atoms with Crippen LogP contribution in [-0.2, 0) is 19.4 Å². The van der Waals surface area contributed by atoms with Crippen molar-refractivity contribution in [3.8, 4) is 0 Å². The van der Waals surface area contributed by atoms with Gasteiger partial charge in [-0.2, -0.15) is 0 Å². The molecule has 0 aromatic carbocycles. The number of hydrogen-bond acceptors (Lipinski definition) is 3. The topological polar surface area (TPSA) is 67.1 Å². The predicted octanol–water partition coefficient (Wildman–Crippen LogP) is 1.65. The molecule has 6 nitrogen and oxygen atoms in total. The fourth-order valence-electron chi connectivity index (χ4n) is 2.90. The van der Waals surface area contributed by atoms with Gasteiger partial charge in [-0.3, -0.25) is 4.99 Å². The van der Waals surface area contributed by atoms with Gasteiger partial charge in [0.15, 0.2) is 5.96 Å². The number of aromatic nitrogens is 3. The number of guanidine groups is 1. The van der Waals surface area contributed by atoms with E-state index in [2.05, 4.69) is 37.3 Å². The fraction of sp³-hybridized carbons (Fsp3) is 0.812. The predicted molar refractivity (Wildman–Crippen MR) is 88.0 cm³/mol. The molecule has 2 heterocycles. The molecule has 0 saturated heterocycles. The number of nitrogens with one attached hydrogen (secondary N) is 2. The summed E-state index contributed by atoms with van der Waals surface area (Å²) in [5.74, 6) is 3.29. The average Bonchev–Trinajstić information content (AvgIpc) is 3.29. The maximum absolute atomic E-state index is 4.66. The van der Waals surface area contributed by atoms with Crippen LogP contribution in [0.15, 0.2) is 4.99 Å². The summed E-state index contributed by atoms with van der Waals surface area (Å²) < 4.78 is 2.34. The number of nitrogens with zero attached hydrogens (tertiary/aromatic N) is 4. The van der Waals surface area contributed by atoms with E-state index in [1.165, 1.54) is 37.9 Å². The van der Waals surface area contributed by atoms with Crippen molar-refractivity contribution in [3.05, 3.63) is 11.6 Å². The van der Waals surface area contributed by atoms with Crippen molar-refractivity contribution < 1.29 is 0 Å². The molecule has 3 rings (SSSR count). The van der Waals surface area contributed by atoms with Crippen molar-refractivity contribution in [3.63, 3.8) is 0 Å². The minimum absolute atomic E-state index is 0.644. The highest BCUT2D eigenvalue weighted by molar-refractivity contribution is 5.80. The van der Waals surface area contributed by atoms with Crippen molar-refractivity contribution >= 4 is 5.96 Å². The summed E-state index contributed by atoms with van der Waals surface area (Å²) in [5.41, 5.74) is 0. The maximum atomic E-state index is 4.66. The first kappa shape index (κ1) is 15.3. The Bertz CT molecular complexity index is 503. The van der Waals surface area contributed by atoms with E-state index in [0.29, 0.717) is 6.04 Å². The van der Waals surface area contributed by atoms with Gasteiger partial charge in [-0.15, -0.1) is 10.2 Å². The van der Waals surface area contributed by atoms with Gasteiger partial charge in [-0.25, -0.2) is 0 Å². The van der Waals surface area contributed by atoms with Gasteiger partial charge in [0.2, 0.25) is 0 Å². The van der Waals surface area contributed by atoms with Gasteiger partial charge in [0.25, 0.3) is 0 Å². The normalized spacial score (nSPS) is 18.7. The van der Waals surface area contributed by atoms with Gasteiger partial charge in [-0.1, -0.05) is 6.42 Å². The van der Waals surface area contributed by atoms with Crippen LogP contribution in [0.25, 0.3) is 0 Å². The van der Waals surface area contributed by atoms with E-state index in [9.17, 15) is 0 Å². The summed E-state index contributed by atoms with van der Waals surface area (Å²) in [6.45, 7) is 4.95. The molecule has 6 heteroatoms. The minimum Gasteiger partial charge on any atom is -0.357 e. The first-order valence-corrected chi connectivity index (χ1v) is 8.82. The molecule has 1 saturated carbocycles. The molecule has 0 atom stereocenters. The highest BCUT2D eigenvalue weighted by atomic mass is 15.3. The van der Waals surface area contributed by atoms with Gasteiger partial charge in [-0.05, 0) is 39.0 Å². The van der Waals surface area contributed by atoms with Crippen LogP contribution < -0.4 is 10.6 Å². The van der Waals surface area contributed by atoms with Crippen molar-refractivity contribution in [2.45, 2.75) is 70.9 Å². The van der Waals surface area contributed by atoms with E-state index in [1.54, 1.807) is 0 Å². The molecular formula is C16H28N6. The molecule has 122 valence electrons. The van der Waals surface area contributed by atoms with Crippen LogP contribution in [0.2, 0.25) is 0 Å². The molecular weight excluding hydrogens is 276 g/mol. The summed E-state index contributed by atoms with van der Waals surface area (Å²) in [5, 5.41) is 15.5. The molecule has 0 spiro atoms. The summed E-state index contributed by atoms with van der Waals surface area (Å²) in [4.78, 5) is 4.66. The van der Waals surface area contributed by atoms with Gasteiger partial charge < -0.3 is 15.2 Å². The third-order valence-corrected chi connectivity index (χ3v) is 4.28. The summed E-state index contributed by atoms with van der Waals surface area (Å²) in [6.07, 6.45) is 9.45. The highest BCUT2D eigenvalue weighted by Crippen LogP contribution is 2.18. The third-order valence-electron chi connectivity index (χ3n) is 4.28. The van der Waals surface area contributed by atoms with E-state index in [0.717, 1.165) is 50.7 Å². The van der Waals surface area contributed by atoms with Crippen molar-refractivity contribution in [1.82, 2.24) is 25.4 Å². The van der Waals surface area contributed by atoms with E-state index in [-0.39, 0.29) is 0 Å². The first-order chi connectivity index (χ1) is 10.9. The van der Waals surface area contributed by atoms with Gasteiger partial charge in [0.05, 0.1) is 0 Å². The van der Waals surface area contributed by atoms with Crippen LogP contribution in [0.4, 0.5) is 0 Å². The molecule has 0 radical (unpaired) electrons. The fourth-order valence-corrected chi connectivity index (χ4v) is 2.90. The highest BCUT2D eigenvalue weighted by Gasteiger charge is 2.22. The SMILES string of the molecule is CCNC(=NCCCc1nnc2n1CCCCC2)NC1CC1. The van der Waals surface area contributed by atoms with Crippen LogP contribution >= 0.6 is 0 Å². The zero-order chi connectivity index (χ0) is 15.2.